The van der Waals surface area contributed by atoms with Crippen LogP contribution in [0.2, 0.25) is 5.02 Å². The molecule has 1 N–H and O–H groups in total. The van der Waals surface area contributed by atoms with Crippen molar-refractivity contribution in [3.05, 3.63) is 28.5 Å². The van der Waals surface area contributed by atoms with Crippen LogP contribution in [-0.2, 0) is 0 Å². The first-order valence-electron chi connectivity index (χ1n) is 4.18. The van der Waals surface area contributed by atoms with Gasteiger partial charge in [-0.3, -0.25) is 5.43 Å². The summed E-state index contributed by atoms with van der Waals surface area (Å²) in [6.07, 6.45) is 0. The van der Waals surface area contributed by atoms with E-state index in [1.807, 2.05) is 0 Å². The van der Waals surface area contributed by atoms with E-state index in [2.05, 4.69) is 10.5 Å². The highest BCUT2D eigenvalue weighted by molar-refractivity contribution is 6.31. The molecule has 0 saturated heterocycles. The van der Waals surface area contributed by atoms with Crippen molar-refractivity contribution in [3.63, 3.8) is 0 Å². The van der Waals surface area contributed by atoms with Gasteiger partial charge in [0.05, 0.1) is 5.69 Å². The normalized spacial score (nSPS) is 8.81. The molecule has 1 aromatic rings. The number of rotatable bonds is 2. The van der Waals surface area contributed by atoms with Crippen LogP contribution in [-0.4, -0.2) is 5.71 Å². The SMILES string of the molecule is Cc1cc(F)c(NN=C(C#N)C#N)cc1Cl. The van der Waals surface area contributed by atoms with Gasteiger partial charge in [0.2, 0.25) is 5.71 Å². The monoisotopic (exact) mass is 236 g/mol. The number of hydrogen-bond donors (Lipinski definition) is 1. The van der Waals surface area contributed by atoms with Gasteiger partial charge in [-0.15, -0.1) is 0 Å². The van der Waals surface area contributed by atoms with Crippen molar-refractivity contribution < 1.29 is 4.39 Å². The molecule has 0 bridgehead atoms. The predicted molar refractivity (Wildman–Crippen MR) is 58.4 cm³/mol. The molecule has 4 nitrogen and oxygen atoms in total. The molecule has 0 spiro atoms. The molecule has 0 atom stereocenters. The maximum absolute atomic E-state index is 13.3. The van der Waals surface area contributed by atoms with Crippen molar-refractivity contribution >= 4 is 23.0 Å². The van der Waals surface area contributed by atoms with Gasteiger partial charge in [-0.1, -0.05) is 11.6 Å². The number of nitrogens with one attached hydrogen (secondary N) is 1. The number of hydrogen-bond acceptors (Lipinski definition) is 4. The van der Waals surface area contributed by atoms with Gasteiger partial charge < -0.3 is 0 Å². The average molecular weight is 237 g/mol. The zero-order chi connectivity index (χ0) is 12.1. The van der Waals surface area contributed by atoms with E-state index in [0.29, 0.717) is 10.6 Å². The number of benzene rings is 1. The third-order valence-corrected chi connectivity index (χ3v) is 2.16. The molecule has 0 saturated carbocycles. The van der Waals surface area contributed by atoms with Crippen LogP contribution in [0.25, 0.3) is 0 Å². The summed E-state index contributed by atoms with van der Waals surface area (Å²) in [5.74, 6) is -0.555. The second-order valence-electron chi connectivity index (χ2n) is 2.88. The van der Waals surface area contributed by atoms with Crippen LogP contribution in [0, 0.1) is 35.4 Å². The first-order chi connectivity index (χ1) is 7.58. The molecular formula is C10H6ClFN4. The molecule has 0 unspecified atom stereocenters. The van der Waals surface area contributed by atoms with Crippen LogP contribution in [0.5, 0.6) is 0 Å². The first kappa shape index (κ1) is 12.0. The Morgan fingerprint density at radius 1 is 1.44 bits per heavy atom. The molecule has 1 aromatic carbocycles. The van der Waals surface area contributed by atoms with Crippen LogP contribution in [0.3, 0.4) is 0 Å². The molecule has 16 heavy (non-hydrogen) atoms. The Kier molecular flexibility index (Phi) is 3.82. The summed E-state index contributed by atoms with van der Waals surface area (Å²) < 4.78 is 13.3. The van der Waals surface area contributed by atoms with E-state index in [9.17, 15) is 4.39 Å². The quantitative estimate of drug-likeness (QED) is 0.634. The van der Waals surface area contributed by atoms with Crippen molar-refractivity contribution in [2.24, 2.45) is 5.10 Å². The highest BCUT2D eigenvalue weighted by atomic mass is 35.5. The molecule has 0 fully saturated rings. The lowest BCUT2D eigenvalue weighted by Gasteiger charge is -2.04. The van der Waals surface area contributed by atoms with Gasteiger partial charge in [0.25, 0.3) is 0 Å². The molecule has 6 heteroatoms. The number of hydrazone groups is 1. The van der Waals surface area contributed by atoms with Gasteiger partial charge in [0, 0.05) is 5.02 Å². The van der Waals surface area contributed by atoms with E-state index in [4.69, 9.17) is 22.1 Å². The van der Waals surface area contributed by atoms with E-state index in [-0.39, 0.29) is 5.69 Å². The van der Waals surface area contributed by atoms with Gasteiger partial charge in [-0.2, -0.15) is 15.6 Å². The summed E-state index contributed by atoms with van der Waals surface area (Å²) >= 11 is 5.78. The summed E-state index contributed by atoms with van der Waals surface area (Å²) in [4.78, 5) is 0. The summed E-state index contributed by atoms with van der Waals surface area (Å²) in [7, 11) is 0. The number of anilines is 1. The number of aryl methyl sites for hydroxylation is 1. The maximum atomic E-state index is 13.3. The van der Waals surface area contributed by atoms with Crippen LogP contribution in [0.4, 0.5) is 10.1 Å². The third-order valence-electron chi connectivity index (χ3n) is 1.75. The Morgan fingerprint density at radius 2 is 2.06 bits per heavy atom. The predicted octanol–water partition coefficient (Wildman–Crippen LogP) is 2.60. The second-order valence-corrected chi connectivity index (χ2v) is 3.28. The Hall–Kier alpha value is -2.11. The van der Waals surface area contributed by atoms with Gasteiger partial charge in [0.15, 0.2) is 0 Å². The first-order valence-corrected chi connectivity index (χ1v) is 4.56. The summed E-state index contributed by atoms with van der Waals surface area (Å²) in [5.41, 5.74) is 2.48. The summed E-state index contributed by atoms with van der Waals surface area (Å²) in [6.45, 7) is 1.66. The van der Waals surface area contributed by atoms with E-state index in [0.717, 1.165) is 0 Å². The van der Waals surface area contributed by atoms with Crippen molar-refractivity contribution in [2.75, 3.05) is 5.43 Å². The van der Waals surface area contributed by atoms with E-state index >= 15 is 0 Å². The lowest BCUT2D eigenvalue weighted by Crippen LogP contribution is -1.98. The smallest absolute Gasteiger partial charge is 0.237 e. The number of nitriles is 2. The minimum absolute atomic E-state index is 0.0126. The molecule has 1 rings (SSSR count). The second kappa shape index (κ2) is 5.11. The van der Waals surface area contributed by atoms with Gasteiger partial charge in [-0.25, -0.2) is 4.39 Å². The number of halogens is 2. The molecular weight excluding hydrogens is 231 g/mol. The average Bonchev–Trinajstić information content (AvgIpc) is 2.26. The molecule has 0 aromatic heterocycles. The molecule has 0 radical (unpaired) electrons. The minimum atomic E-state index is -0.555. The Balaban J connectivity index is 3.01. The maximum Gasteiger partial charge on any atom is 0.237 e. The third kappa shape index (κ3) is 2.69. The number of nitrogens with zero attached hydrogens (tertiary/aromatic N) is 3. The molecule has 0 aliphatic rings. The minimum Gasteiger partial charge on any atom is -0.273 e. The molecule has 80 valence electrons. The van der Waals surface area contributed by atoms with Gasteiger partial charge in [0.1, 0.15) is 18.0 Å². The summed E-state index contributed by atoms with van der Waals surface area (Å²) in [5, 5.41) is 20.6. The molecule has 0 aliphatic carbocycles. The highest BCUT2D eigenvalue weighted by Crippen LogP contribution is 2.23. The van der Waals surface area contributed by atoms with E-state index < -0.39 is 11.5 Å². The lowest BCUT2D eigenvalue weighted by atomic mass is 10.2. The van der Waals surface area contributed by atoms with Gasteiger partial charge in [-0.05, 0) is 24.6 Å². The van der Waals surface area contributed by atoms with Gasteiger partial charge >= 0.3 is 0 Å². The van der Waals surface area contributed by atoms with Crippen LogP contribution in [0.1, 0.15) is 5.56 Å². The van der Waals surface area contributed by atoms with Crippen molar-refractivity contribution in [1.82, 2.24) is 0 Å². The standard InChI is InChI=1S/C10H6ClFN4/c1-6-2-9(12)10(3-8(6)11)16-15-7(4-13)5-14/h2-3,16H,1H3. The van der Waals surface area contributed by atoms with E-state index in [1.54, 1.807) is 6.92 Å². The zero-order valence-corrected chi connectivity index (χ0v) is 9.01. The fraction of sp³-hybridized carbons (Fsp3) is 0.100. The van der Waals surface area contributed by atoms with Crippen molar-refractivity contribution in [1.29, 1.82) is 10.5 Å². The van der Waals surface area contributed by atoms with Crippen LogP contribution < -0.4 is 5.43 Å². The lowest BCUT2D eigenvalue weighted by molar-refractivity contribution is 0.629. The fourth-order valence-electron chi connectivity index (χ4n) is 0.923. The fourth-order valence-corrected chi connectivity index (χ4v) is 1.09. The Morgan fingerprint density at radius 3 is 2.62 bits per heavy atom. The van der Waals surface area contributed by atoms with Crippen LogP contribution in [0.15, 0.2) is 17.2 Å². The Bertz CT molecular complexity index is 509. The molecule has 0 aliphatic heterocycles. The largest absolute Gasteiger partial charge is 0.273 e. The summed E-state index contributed by atoms with van der Waals surface area (Å²) in [6, 6.07) is 5.65. The topological polar surface area (TPSA) is 72.0 Å². The molecule has 0 heterocycles. The highest BCUT2D eigenvalue weighted by Gasteiger charge is 2.05. The van der Waals surface area contributed by atoms with E-state index in [1.165, 1.54) is 24.3 Å². The Labute approximate surface area is 96.6 Å². The molecule has 0 amide bonds. The zero-order valence-electron chi connectivity index (χ0n) is 8.25. The van der Waals surface area contributed by atoms with Crippen LogP contribution >= 0.6 is 11.6 Å². The van der Waals surface area contributed by atoms with Crippen molar-refractivity contribution in [2.45, 2.75) is 6.92 Å². The van der Waals surface area contributed by atoms with Crippen molar-refractivity contribution in [3.8, 4) is 12.1 Å².